The molecule has 0 radical (unpaired) electrons. The maximum absolute atomic E-state index is 17.3. The van der Waals surface area contributed by atoms with Gasteiger partial charge in [0, 0.05) is 0 Å². The first-order chi connectivity index (χ1) is 29.8. The SMILES string of the molecule is Cc1cc(C)c(N2C=C3C=CC=C(c4c(C(C)C)cccc4C(C)C)N3C2[Se](=O)(=O)C2N3C(=CN2c2c(C)cc(C)cc2C)C=CC=C3c2c(C(C)C)cccc2C(C)C)c(C)c1. The summed E-state index contributed by atoms with van der Waals surface area (Å²) >= 11 is -5.53. The predicted molar refractivity (Wildman–Crippen MR) is 264 cm³/mol. The van der Waals surface area contributed by atoms with E-state index in [1.807, 2.05) is 0 Å². The van der Waals surface area contributed by atoms with Crippen molar-refractivity contribution in [1.82, 2.24) is 9.80 Å². The molecule has 4 aliphatic heterocycles. The first-order valence-corrected chi connectivity index (χ1v) is 26.2. The molecule has 4 aliphatic rings. The van der Waals surface area contributed by atoms with E-state index >= 15 is 7.67 Å². The van der Waals surface area contributed by atoms with E-state index in [1.54, 1.807) is 0 Å². The average Bonchev–Trinajstić information content (AvgIpc) is 3.79. The average molecular weight is 906 g/mol. The van der Waals surface area contributed by atoms with Gasteiger partial charge in [-0.25, -0.2) is 0 Å². The third-order valence-electron chi connectivity index (χ3n) is 13.2. The fourth-order valence-electron chi connectivity index (χ4n) is 10.8. The Labute approximate surface area is 379 Å². The summed E-state index contributed by atoms with van der Waals surface area (Å²) in [5, 5.41) is -2.15. The van der Waals surface area contributed by atoms with Crippen molar-refractivity contribution in [2.75, 3.05) is 9.80 Å². The molecule has 7 heteroatoms. The van der Waals surface area contributed by atoms with Gasteiger partial charge >= 0.3 is 381 Å². The van der Waals surface area contributed by atoms with E-state index < -0.39 is 22.8 Å². The number of hydrogen-bond donors (Lipinski definition) is 0. The Morgan fingerprint density at radius 1 is 0.476 bits per heavy atom. The molecule has 0 aliphatic carbocycles. The van der Waals surface area contributed by atoms with Gasteiger partial charge in [-0.3, -0.25) is 0 Å². The molecule has 0 fully saturated rings. The summed E-state index contributed by atoms with van der Waals surface area (Å²) in [5.41, 5.74) is 19.0. The summed E-state index contributed by atoms with van der Waals surface area (Å²) in [6.45, 7) is 30.6. The third kappa shape index (κ3) is 7.45. The van der Waals surface area contributed by atoms with Gasteiger partial charge in [0.2, 0.25) is 0 Å². The minimum absolute atomic E-state index is 0.216. The first kappa shape index (κ1) is 44.3. The van der Waals surface area contributed by atoms with Crippen molar-refractivity contribution in [1.29, 1.82) is 0 Å². The standard InChI is InChI=1S/C56H66N4O2Se/c1-33(2)45-21-17-22-46(34(3)4)51(45)49-25-15-19-43-31-57(53-39(11)27-37(9)28-40(53)12)55(59(43)49)63(61,62)56-58(54-41(13)29-38(10)30-42(54)14)32-44-20-16-26-50(60(44)56)52-47(35(5)6)23-18-24-48(52)36(7)8/h15-36,55-56H,1-14H3. The van der Waals surface area contributed by atoms with Crippen LogP contribution in [0.1, 0.15) is 146 Å². The van der Waals surface area contributed by atoms with Crippen LogP contribution >= 0.6 is 0 Å². The topological polar surface area (TPSA) is 47.1 Å². The Hall–Kier alpha value is -5.36. The van der Waals surface area contributed by atoms with E-state index in [4.69, 9.17) is 0 Å². The zero-order chi connectivity index (χ0) is 45.4. The molecule has 0 saturated heterocycles. The van der Waals surface area contributed by atoms with Crippen LogP contribution < -0.4 is 9.80 Å². The van der Waals surface area contributed by atoms with Crippen LogP contribution in [0.2, 0.25) is 0 Å². The van der Waals surface area contributed by atoms with Gasteiger partial charge in [0.15, 0.2) is 0 Å². The molecule has 6 nitrogen and oxygen atoms in total. The quantitative estimate of drug-likeness (QED) is 0.148. The Morgan fingerprint density at radius 3 is 1.06 bits per heavy atom. The van der Waals surface area contributed by atoms with E-state index in [0.717, 1.165) is 78.7 Å². The molecule has 8 rings (SSSR count). The minimum atomic E-state index is -5.53. The molecule has 2 atom stereocenters. The maximum atomic E-state index is 17.3. The van der Waals surface area contributed by atoms with Gasteiger partial charge in [-0.2, -0.15) is 0 Å². The van der Waals surface area contributed by atoms with Crippen molar-refractivity contribution >= 4 is 35.5 Å². The number of fused-ring (bicyclic) bond motifs is 2. The monoisotopic (exact) mass is 906 g/mol. The molecule has 0 amide bonds. The van der Waals surface area contributed by atoms with Crippen LogP contribution in [0.15, 0.2) is 121 Å². The molecule has 0 N–H and O–H groups in total. The van der Waals surface area contributed by atoms with Gasteiger partial charge in [0.25, 0.3) is 0 Å². The Balaban J connectivity index is 1.44. The number of nitrogens with zero attached hydrogens (tertiary/aromatic N) is 4. The normalized spacial score (nSPS) is 18.5. The molecule has 0 bridgehead atoms. The molecular formula is C56H66N4O2Se. The van der Waals surface area contributed by atoms with Gasteiger partial charge < -0.3 is 0 Å². The molecule has 328 valence electrons. The molecule has 63 heavy (non-hydrogen) atoms. The fraction of sp³-hybridized carbons (Fsp3) is 0.357. The van der Waals surface area contributed by atoms with Gasteiger partial charge in [-0.05, 0) is 0 Å². The van der Waals surface area contributed by atoms with Gasteiger partial charge in [-0.15, -0.1) is 0 Å². The number of benzene rings is 4. The molecule has 0 saturated carbocycles. The van der Waals surface area contributed by atoms with Crippen LogP contribution in [0.3, 0.4) is 0 Å². The number of allylic oxidation sites excluding steroid dienone is 6. The van der Waals surface area contributed by atoms with Crippen molar-refractivity contribution in [3.8, 4) is 0 Å². The fourth-order valence-corrected chi connectivity index (χ4v) is 15.5. The van der Waals surface area contributed by atoms with E-state index in [9.17, 15) is 0 Å². The van der Waals surface area contributed by atoms with Crippen LogP contribution in [-0.4, -0.2) is 32.6 Å². The van der Waals surface area contributed by atoms with E-state index in [-0.39, 0.29) is 23.7 Å². The number of aryl methyl sites for hydroxylation is 6. The van der Waals surface area contributed by atoms with Crippen LogP contribution in [-0.2, 0) is 7.67 Å². The second kappa shape index (κ2) is 16.6. The van der Waals surface area contributed by atoms with Crippen molar-refractivity contribution in [2.45, 2.75) is 131 Å². The first-order valence-electron chi connectivity index (χ1n) is 22.8. The van der Waals surface area contributed by atoms with Crippen LogP contribution in [0.25, 0.3) is 11.4 Å². The zero-order valence-electron chi connectivity index (χ0n) is 39.9. The molecule has 4 aromatic rings. The number of hydrogen-bond acceptors (Lipinski definition) is 6. The van der Waals surface area contributed by atoms with Crippen molar-refractivity contribution in [2.24, 2.45) is 0 Å². The number of rotatable bonds is 10. The third-order valence-corrected chi connectivity index (χ3v) is 17.5. The summed E-state index contributed by atoms with van der Waals surface area (Å²) in [6.07, 6.45) is 16.9. The van der Waals surface area contributed by atoms with Gasteiger partial charge in [-0.1, -0.05) is 0 Å². The summed E-state index contributed by atoms with van der Waals surface area (Å²) in [4.78, 5) is 8.54. The second-order valence-corrected chi connectivity index (χ2v) is 23.7. The van der Waals surface area contributed by atoms with E-state index in [2.05, 4.69) is 226 Å². The Bertz CT molecular complexity index is 2530. The second-order valence-electron chi connectivity index (χ2n) is 19.5. The van der Waals surface area contributed by atoms with E-state index in [0.29, 0.717) is 0 Å². The summed E-state index contributed by atoms with van der Waals surface area (Å²) in [5.74, 6) is 0.864. The Morgan fingerprint density at radius 2 is 0.778 bits per heavy atom. The summed E-state index contributed by atoms with van der Waals surface area (Å²) in [7, 11) is 0. The van der Waals surface area contributed by atoms with Crippen molar-refractivity contribution < 1.29 is 7.67 Å². The summed E-state index contributed by atoms with van der Waals surface area (Å²) < 4.78 is 34.5. The van der Waals surface area contributed by atoms with Gasteiger partial charge in [0.1, 0.15) is 0 Å². The van der Waals surface area contributed by atoms with Crippen LogP contribution in [0.4, 0.5) is 11.4 Å². The van der Waals surface area contributed by atoms with Crippen LogP contribution in [0.5, 0.6) is 0 Å². The predicted octanol–water partition coefficient (Wildman–Crippen LogP) is 13.9. The van der Waals surface area contributed by atoms with Gasteiger partial charge in [0.05, 0.1) is 0 Å². The molecule has 4 aromatic carbocycles. The molecule has 2 unspecified atom stereocenters. The molecule has 4 heterocycles. The van der Waals surface area contributed by atoms with E-state index in [1.165, 1.54) is 22.3 Å². The number of anilines is 2. The molecule has 0 aromatic heterocycles. The van der Waals surface area contributed by atoms with Crippen LogP contribution in [0, 0.1) is 41.5 Å². The molecular weight excluding hydrogens is 840 g/mol. The molecule has 0 spiro atoms. The Kier molecular flexibility index (Phi) is 11.7. The summed E-state index contributed by atoms with van der Waals surface area (Å²) in [6, 6.07) is 21.9. The zero-order valence-corrected chi connectivity index (χ0v) is 41.6. The van der Waals surface area contributed by atoms with Crippen molar-refractivity contribution in [3.63, 3.8) is 0 Å². The van der Waals surface area contributed by atoms with Crippen molar-refractivity contribution in [3.05, 3.63) is 188 Å².